The van der Waals surface area contributed by atoms with Gasteiger partial charge in [-0.3, -0.25) is 9.78 Å². The monoisotopic (exact) mass is 405 g/mol. The molecule has 0 unspecified atom stereocenters. The molecule has 2 aromatic heterocycles. The number of hydrazone groups is 1. The topological polar surface area (TPSA) is 76.7 Å². The molecule has 6 nitrogen and oxygen atoms in total. The lowest BCUT2D eigenvalue weighted by Gasteiger charge is -2.07. The van der Waals surface area contributed by atoms with Gasteiger partial charge in [-0.2, -0.15) is 5.10 Å². The molecule has 0 radical (unpaired) electrons. The molecule has 4 aromatic rings. The smallest absolute Gasteiger partial charge is 0.277 e. The van der Waals surface area contributed by atoms with Crippen LogP contribution in [0.3, 0.4) is 0 Å². The number of hydrogen-bond acceptors (Lipinski definition) is 5. The zero-order chi connectivity index (χ0) is 20.1. The lowest BCUT2D eigenvalue weighted by molar-refractivity contribution is -0.123. The summed E-state index contributed by atoms with van der Waals surface area (Å²) in [6.07, 6.45) is 3.10. The summed E-state index contributed by atoms with van der Waals surface area (Å²) in [5.74, 6) is 1.31. The summed E-state index contributed by atoms with van der Waals surface area (Å²) in [6.45, 7) is -0.182. The third-order valence-corrected chi connectivity index (χ3v) is 4.31. The van der Waals surface area contributed by atoms with Gasteiger partial charge in [0.15, 0.2) is 6.61 Å². The largest absolute Gasteiger partial charge is 0.481 e. The van der Waals surface area contributed by atoms with Crippen LogP contribution in [0, 0.1) is 0 Å². The number of fused-ring (bicyclic) bond motifs is 1. The fraction of sp³-hybridized carbons (Fsp3) is 0.0455. The van der Waals surface area contributed by atoms with Crippen molar-refractivity contribution in [3.05, 3.63) is 83.7 Å². The molecule has 2 aromatic carbocycles. The maximum Gasteiger partial charge on any atom is 0.277 e. The molecular formula is C22H16ClN3O3. The van der Waals surface area contributed by atoms with Crippen LogP contribution in [0.1, 0.15) is 5.76 Å². The molecule has 29 heavy (non-hydrogen) atoms. The van der Waals surface area contributed by atoms with Gasteiger partial charge in [0.2, 0.25) is 0 Å². The first-order valence-electron chi connectivity index (χ1n) is 8.83. The highest BCUT2D eigenvalue weighted by Crippen LogP contribution is 2.24. The Balaban J connectivity index is 1.33. The number of amides is 1. The molecule has 0 saturated heterocycles. The Bertz CT molecular complexity index is 1180. The fourth-order valence-electron chi connectivity index (χ4n) is 2.76. The minimum Gasteiger partial charge on any atom is -0.481 e. The third-order valence-electron chi connectivity index (χ3n) is 4.07. The van der Waals surface area contributed by atoms with Gasteiger partial charge in [-0.1, -0.05) is 41.9 Å². The van der Waals surface area contributed by atoms with E-state index < -0.39 is 5.91 Å². The Labute approximate surface area is 171 Å². The first-order valence-corrected chi connectivity index (χ1v) is 9.21. The number of nitrogens with one attached hydrogen (secondary N) is 1. The molecule has 0 saturated carbocycles. The Kier molecular flexibility index (Phi) is 5.54. The van der Waals surface area contributed by atoms with Crippen LogP contribution in [0.25, 0.3) is 22.2 Å². The Hall–Kier alpha value is -3.64. The van der Waals surface area contributed by atoms with Crippen molar-refractivity contribution < 1.29 is 13.9 Å². The Morgan fingerprint density at radius 1 is 1.14 bits per heavy atom. The molecule has 0 fully saturated rings. The van der Waals surface area contributed by atoms with Crippen molar-refractivity contribution >= 4 is 34.6 Å². The lowest BCUT2D eigenvalue weighted by Crippen LogP contribution is -2.24. The standard InChI is InChI=1S/C22H16ClN3O3/c23-17-7-1-5-16(12-17)19-10-9-18(29-19)13-25-26-21(27)14-28-20-8-2-4-15-6-3-11-24-22(15)20/h1-13H,14H2,(H,26,27)/b25-13-. The summed E-state index contributed by atoms with van der Waals surface area (Å²) in [5, 5.41) is 5.47. The Morgan fingerprint density at radius 3 is 2.90 bits per heavy atom. The van der Waals surface area contributed by atoms with Gasteiger partial charge in [-0.05, 0) is 36.4 Å². The first kappa shape index (κ1) is 18.7. The van der Waals surface area contributed by atoms with Gasteiger partial charge in [-0.15, -0.1) is 0 Å². The first-order chi connectivity index (χ1) is 14.2. The highest BCUT2D eigenvalue weighted by molar-refractivity contribution is 6.30. The van der Waals surface area contributed by atoms with Gasteiger partial charge < -0.3 is 9.15 Å². The lowest BCUT2D eigenvalue weighted by atomic mass is 10.2. The third kappa shape index (κ3) is 4.62. The number of halogens is 1. The van der Waals surface area contributed by atoms with Crippen molar-refractivity contribution in [3.63, 3.8) is 0 Å². The predicted octanol–water partition coefficient (Wildman–Crippen LogP) is 4.68. The van der Waals surface area contributed by atoms with E-state index in [0.717, 1.165) is 10.9 Å². The van der Waals surface area contributed by atoms with Gasteiger partial charge in [-0.25, -0.2) is 5.43 Å². The van der Waals surface area contributed by atoms with Crippen LogP contribution in [0.4, 0.5) is 0 Å². The van der Waals surface area contributed by atoms with Gasteiger partial charge >= 0.3 is 0 Å². The van der Waals surface area contributed by atoms with Crippen LogP contribution in [0.2, 0.25) is 5.02 Å². The molecule has 1 N–H and O–H groups in total. The molecule has 0 spiro atoms. The quantitative estimate of drug-likeness (QED) is 0.373. The number of ether oxygens (including phenoxy) is 1. The molecule has 0 aliphatic rings. The number of benzene rings is 2. The van der Waals surface area contributed by atoms with E-state index >= 15 is 0 Å². The molecule has 0 aliphatic heterocycles. The van der Waals surface area contributed by atoms with E-state index in [1.807, 2.05) is 48.5 Å². The number of carbonyl (C=O) groups is 1. The number of nitrogens with zero attached hydrogens (tertiary/aromatic N) is 2. The summed E-state index contributed by atoms with van der Waals surface area (Å²) < 4.78 is 11.3. The molecule has 1 amide bonds. The number of para-hydroxylation sites is 1. The van der Waals surface area contributed by atoms with Gasteiger partial charge in [0.1, 0.15) is 22.8 Å². The summed E-state index contributed by atoms with van der Waals surface area (Å²) >= 11 is 5.99. The number of furan rings is 1. The fourth-order valence-corrected chi connectivity index (χ4v) is 2.95. The highest BCUT2D eigenvalue weighted by atomic mass is 35.5. The number of carbonyl (C=O) groups excluding carboxylic acids is 1. The number of rotatable bonds is 6. The van der Waals surface area contributed by atoms with Crippen molar-refractivity contribution in [2.24, 2.45) is 5.10 Å². The van der Waals surface area contributed by atoms with Crippen molar-refractivity contribution in [1.29, 1.82) is 0 Å². The van der Waals surface area contributed by atoms with Crippen molar-refractivity contribution in [2.75, 3.05) is 6.61 Å². The maximum absolute atomic E-state index is 12.0. The second-order valence-corrected chi connectivity index (χ2v) is 6.56. The van der Waals surface area contributed by atoms with Crippen LogP contribution in [-0.4, -0.2) is 23.7 Å². The van der Waals surface area contributed by atoms with Crippen LogP contribution >= 0.6 is 11.6 Å². The van der Waals surface area contributed by atoms with Crippen molar-refractivity contribution in [1.82, 2.24) is 10.4 Å². The molecule has 0 atom stereocenters. The Morgan fingerprint density at radius 2 is 2.00 bits per heavy atom. The molecule has 2 heterocycles. The molecule has 4 rings (SSSR count). The van der Waals surface area contributed by atoms with Crippen LogP contribution in [0.5, 0.6) is 5.75 Å². The second-order valence-electron chi connectivity index (χ2n) is 6.13. The van der Waals surface area contributed by atoms with E-state index in [4.69, 9.17) is 20.8 Å². The van der Waals surface area contributed by atoms with Crippen molar-refractivity contribution in [2.45, 2.75) is 0 Å². The molecule has 144 valence electrons. The van der Waals surface area contributed by atoms with Gasteiger partial charge in [0.05, 0.1) is 6.21 Å². The summed E-state index contributed by atoms with van der Waals surface area (Å²) in [6, 6.07) is 20.2. The molecule has 0 aliphatic carbocycles. The SMILES string of the molecule is O=C(COc1cccc2cccnc12)N/N=C\c1ccc(-c2cccc(Cl)c2)o1. The zero-order valence-electron chi connectivity index (χ0n) is 15.2. The van der Waals surface area contributed by atoms with E-state index in [9.17, 15) is 4.79 Å². The molecular weight excluding hydrogens is 390 g/mol. The number of aromatic nitrogens is 1. The zero-order valence-corrected chi connectivity index (χ0v) is 16.0. The minimum atomic E-state index is -0.393. The summed E-state index contributed by atoms with van der Waals surface area (Å²) in [4.78, 5) is 16.3. The average molecular weight is 406 g/mol. The van der Waals surface area contributed by atoms with Crippen LogP contribution in [0.15, 0.2) is 82.4 Å². The summed E-state index contributed by atoms with van der Waals surface area (Å²) in [7, 11) is 0. The molecule has 7 heteroatoms. The van der Waals surface area contributed by atoms with Gasteiger partial charge in [0, 0.05) is 22.2 Å². The minimum absolute atomic E-state index is 0.182. The van der Waals surface area contributed by atoms with Gasteiger partial charge in [0.25, 0.3) is 5.91 Å². The van der Waals surface area contributed by atoms with E-state index in [1.54, 1.807) is 24.4 Å². The second kappa shape index (κ2) is 8.58. The maximum atomic E-state index is 12.0. The van der Waals surface area contributed by atoms with Crippen molar-refractivity contribution in [3.8, 4) is 17.1 Å². The van der Waals surface area contributed by atoms with Crippen LogP contribution < -0.4 is 10.2 Å². The van der Waals surface area contributed by atoms with E-state index in [1.165, 1.54) is 6.21 Å². The van der Waals surface area contributed by atoms with E-state index in [0.29, 0.717) is 27.8 Å². The van der Waals surface area contributed by atoms with E-state index in [-0.39, 0.29) is 6.61 Å². The average Bonchev–Trinajstić information content (AvgIpc) is 3.21. The molecule has 0 bridgehead atoms. The predicted molar refractivity (Wildman–Crippen MR) is 112 cm³/mol. The highest BCUT2D eigenvalue weighted by Gasteiger charge is 2.07. The van der Waals surface area contributed by atoms with E-state index in [2.05, 4.69) is 15.5 Å². The van der Waals surface area contributed by atoms with Crippen LogP contribution in [-0.2, 0) is 4.79 Å². The normalized spacial score (nSPS) is 11.1. The summed E-state index contributed by atoms with van der Waals surface area (Å²) in [5.41, 5.74) is 3.98. The number of hydrogen-bond donors (Lipinski definition) is 1. The number of pyridine rings is 1.